The van der Waals surface area contributed by atoms with Crippen LogP contribution in [0.5, 0.6) is 0 Å². The zero-order valence-electron chi connectivity index (χ0n) is 22.3. The molecule has 2 unspecified atom stereocenters. The number of carbonyl (C=O) groups excluding carboxylic acids is 2. The van der Waals surface area contributed by atoms with Crippen LogP contribution in [0.1, 0.15) is 49.9 Å². The van der Waals surface area contributed by atoms with Crippen LogP contribution in [0, 0.1) is 24.7 Å². The van der Waals surface area contributed by atoms with E-state index in [2.05, 4.69) is 22.6 Å². The van der Waals surface area contributed by atoms with Crippen molar-refractivity contribution in [2.45, 2.75) is 54.4 Å². The van der Waals surface area contributed by atoms with Gasteiger partial charge in [-0.1, -0.05) is 23.9 Å². The van der Waals surface area contributed by atoms with Crippen LogP contribution in [0.3, 0.4) is 0 Å². The van der Waals surface area contributed by atoms with Crippen LogP contribution < -0.4 is 11.5 Å². The number of carbonyl (C=O) groups is 3. The number of pyridine rings is 2. The van der Waals surface area contributed by atoms with Crippen LogP contribution in [0.25, 0.3) is 0 Å². The normalized spacial score (nSPS) is 13.9. The molecule has 0 saturated carbocycles. The second-order valence-electron chi connectivity index (χ2n) is 9.53. The second-order valence-corrected chi connectivity index (χ2v) is 11.0. The Balaban J connectivity index is 0.000000384. The maximum atomic E-state index is 12.2. The smallest absolute Gasteiger partial charge is 0.312 e. The molecule has 2 aromatic rings. The van der Waals surface area contributed by atoms with E-state index < -0.39 is 16.8 Å². The molecule has 0 aliphatic heterocycles. The van der Waals surface area contributed by atoms with Gasteiger partial charge in [-0.25, -0.2) is 9.97 Å². The van der Waals surface area contributed by atoms with Crippen molar-refractivity contribution in [3.8, 4) is 0 Å². The number of nitrogens with two attached hydrogens (primary N) is 2. The molecule has 2 heterocycles. The summed E-state index contributed by atoms with van der Waals surface area (Å²) in [4.78, 5) is 42.7. The highest BCUT2D eigenvalue weighted by molar-refractivity contribution is 8.13. The molecule has 0 aliphatic carbocycles. The van der Waals surface area contributed by atoms with Crippen molar-refractivity contribution in [1.82, 2.24) is 9.97 Å². The number of thioether (sulfide) groups is 1. The van der Waals surface area contributed by atoms with Crippen molar-refractivity contribution < 1.29 is 24.2 Å². The molecule has 5 N–H and O–H groups in total. The number of carboxylic acid groups (broad SMARTS) is 1. The lowest BCUT2D eigenvalue weighted by molar-refractivity contribution is -0.153. The van der Waals surface area contributed by atoms with E-state index in [9.17, 15) is 14.4 Å². The molecule has 0 radical (unpaired) electrons. The monoisotopic (exact) mass is 550 g/mol. The standard InChI is InChI=1S/C15H22N2O3S.C11H16N2O2S/c1-5-20-14(19)15(4,9-21-11(3)18)7-12-6-10(2)13(16)17-8-12;1-7-3-8(5-13-9(7)12)4-11(2,6-16)10(14)15/h6,8H,5,7,9H2,1-4H3,(H2,16,17);3,5,16H,4,6H2,1-2H3,(H2,12,13)(H,14,15). The van der Waals surface area contributed by atoms with Gasteiger partial charge in [0.1, 0.15) is 11.6 Å². The molecule has 0 bridgehead atoms. The van der Waals surface area contributed by atoms with Crippen LogP contribution >= 0.6 is 24.4 Å². The van der Waals surface area contributed by atoms with E-state index >= 15 is 0 Å². The number of aromatic nitrogens is 2. The molecule has 2 atom stereocenters. The molecule has 0 spiro atoms. The van der Waals surface area contributed by atoms with E-state index in [1.807, 2.05) is 32.9 Å². The molecule has 2 aromatic heterocycles. The van der Waals surface area contributed by atoms with Crippen LogP contribution in [-0.4, -0.2) is 50.2 Å². The molecule has 11 heteroatoms. The van der Waals surface area contributed by atoms with Gasteiger partial charge in [0.05, 0.1) is 17.4 Å². The first kappa shape index (κ1) is 32.2. The van der Waals surface area contributed by atoms with E-state index in [-0.39, 0.29) is 16.8 Å². The lowest BCUT2D eigenvalue weighted by Crippen LogP contribution is -2.35. The Kier molecular flexibility index (Phi) is 12.4. The number of thiol groups is 1. The van der Waals surface area contributed by atoms with Gasteiger partial charge in [-0.05, 0) is 69.7 Å². The number of aliphatic carboxylic acids is 1. The van der Waals surface area contributed by atoms with Gasteiger partial charge >= 0.3 is 11.9 Å². The zero-order chi connectivity index (χ0) is 28.4. The zero-order valence-corrected chi connectivity index (χ0v) is 24.0. The van der Waals surface area contributed by atoms with Gasteiger partial charge in [-0.3, -0.25) is 14.4 Å². The average Bonchev–Trinajstić information content (AvgIpc) is 2.83. The average molecular weight is 551 g/mol. The van der Waals surface area contributed by atoms with Crippen LogP contribution in [0.15, 0.2) is 24.5 Å². The number of hydrogen-bond donors (Lipinski definition) is 4. The van der Waals surface area contributed by atoms with Crippen LogP contribution in [0.4, 0.5) is 11.6 Å². The number of nitrogens with zero attached hydrogens (tertiary/aromatic N) is 2. The summed E-state index contributed by atoms with van der Waals surface area (Å²) in [5, 5.41) is 9.11. The van der Waals surface area contributed by atoms with E-state index in [4.69, 9.17) is 21.3 Å². The van der Waals surface area contributed by atoms with Crippen LogP contribution in [-0.2, 0) is 32.0 Å². The molecule has 0 amide bonds. The number of esters is 1. The molecule has 2 rings (SSSR count). The molecular weight excluding hydrogens is 512 g/mol. The minimum absolute atomic E-state index is 0.0165. The number of hydrogen-bond acceptors (Lipinski definition) is 10. The van der Waals surface area contributed by atoms with Crippen molar-refractivity contribution in [3.05, 3.63) is 46.8 Å². The van der Waals surface area contributed by atoms with Gasteiger partial charge in [0.15, 0.2) is 5.12 Å². The Labute approximate surface area is 228 Å². The molecule has 0 saturated heterocycles. The quantitative estimate of drug-likeness (QED) is 0.252. The summed E-state index contributed by atoms with van der Waals surface area (Å²) in [6.45, 7) is 10.8. The predicted octanol–water partition coefficient (Wildman–Crippen LogP) is 3.90. The molecule has 9 nitrogen and oxygen atoms in total. The summed E-state index contributed by atoms with van der Waals surface area (Å²) >= 11 is 5.23. The van der Waals surface area contributed by atoms with E-state index in [1.54, 1.807) is 26.2 Å². The van der Waals surface area contributed by atoms with E-state index in [0.717, 1.165) is 34.0 Å². The van der Waals surface area contributed by atoms with Gasteiger partial charge < -0.3 is 21.3 Å². The van der Waals surface area contributed by atoms with Gasteiger partial charge in [-0.2, -0.15) is 12.6 Å². The van der Waals surface area contributed by atoms with Crippen molar-refractivity contribution in [3.63, 3.8) is 0 Å². The first-order valence-electron chi connectivity index (χ1n) is 11.7. The highest BCUT2D eigenvalue weighted by atomic mass is 32.2. The van der Waals surface area contributed by atoms with Crippen LogP contribution in [0.2, 0.25) is 0 Å². The number of rotatable bonds is 10. The van der Waals surface area contributed by atoms with Gasteiger partial charge in [0.2, 0.25) is 0 Å². The molecular formula is C26H38N4O5S2. The summed E-state index contributed by atoms with van der Waals surface area (Å²) in [6, 6.07) is 3.78. The minimum atomic E-state index is -0.868. The number of aryl methyl sites for hydroxylation is 2. The Hall–Kier alpha value is -2.79. The third kappa shape index (κ3) is 9.88. The Morgan fingerprint density at radius 1 is 1.00 bits per heavy atom. The van der Waals surface area contributed by atoms with Crippen molar-refractivity contribution in [2.24, 2.45) is 10.8 Å². The Morgan fingerprint density at radius 3 is 1.81 bits per heavy atom. The fourth-order valence-electron chi connectivity index (χ4n) is 3.33. The third-order valence-electron chi connectivity index (χ3n) is 5.77. The molecule has 0 aromatic carbocycles. The number of ether oxygens (including phenoxy) is 1. The lowest BCUT2D eigenvalue weighted by Gasteiger charge is -2.26. The number of carboxylic acids is 1. The lowest BCUT2D eigenvalue weighted by atomic mass is 9.85. The van der Waals surface area contributed by atoms with Gasteiger partial charge in [0.25, 0.3) is 0 Å². The maximum absolute atomic E-state index is 12.2. The fraction of sp³-hybridized carbons (Fsp3) is 0.500. The number of nitrogen functional groups attached to an aromatic ring is 2. The van der Waals surface area contributed by atoms with Crippen molar-refractivity contribution in [1.29, 1.82) is 0 Å². The predicted molar refractivity (Wildman–Crippen MR) is 152 cm³/mol. The first-order chi connectivity index (χ1) is 17.2. The highest BCUT2D eigenvalue weighted by Crippen LogP contribution is 2.30. The maximum Gasteiger partial charge on any atom is 0.312 e. The topological polar surface area (TPSA) is 158 Å². The largest absolute Gasteiger partial charge is 0.481 e. The summed E-state index contributed by atoms with van der Waals surface area (Å²) in [5.41, 5.74) is 13.2. The molecule has 37 heavy (non-hydrogen) atoms. The molecule has 204 valence electrons. The second kappa shape index (κ2) is 14.2. The third-order valence-corrected chi connectivity index (χ3v) is 7.65. The summed E-state index contributed by atoms with van der Waals surface area (Å²) in [7, 11) is 0. The summed E-state index contributed by atoms with van der Waals surface area (Å²) in [5.74, 6) is 0.475. The minimum Gasteiger partial charge on any atom is -0.481 e. The summed E-state index contributed by atoms with van der Waals surface area (Å²) < 4.78 is 5.16. The number of anilines is 2. The first-order valence-corrected chi connectivity index (χ1v) is 13.4. The van der Waals surface area contributed by atoms with Crippen molar-refractivity contribution >= 4 is 53.1 Å². The van der Waals surface area contributed by atoms with Crippen molar-refractivity contribution in [2.75, 3.05) is 29.6 Å². The Bertz CT molecular complexity index is 1110. The molecule has 0 fully saturated rings. The van der Waals surface area contributed by atoms with E-state index in [1.165, 1.54) is 6.92 Å². The van der Waals surface area contributed by atoms with E-state index in [0.29, 0.717) is 36.8 Å². The van der Waals surface area contributed by atoms with Gasteiger partial charge in [0, 0.05) is 30.8 Å². The summed E-state index contributed by atoms with van der Waals surface area (Å²) in [6.07, 6.45) is 4.14. The SMILES string of the molecule is CCOC(=O)C(C)(CSC(C)=O)Cc1cnc(N)c(C)c1.Cc1cc(CC(C)(CS)C(=O)O)cnc1N. The Morgan fingerprint density at radius 2 is 1.46 bits per heavy atom. The molecule has 0 aliphatic rings. The fourth-order valence-corrected chi connectivity index (χ4v) is 4.32. The van der Waals surface area contributed by atoms with Gasteiger partial charge in [-0.15, -0.1) is 0 Å². The highest BCUT2D eigenvalue weighted by Gasteiger charge is 2.36.